The lowest BCUT2D eigenvalue weighted by Crippen LogP contribution is -2.62. The summed E-state index contributed by atoms with van der Waals surface area (Å²) in [6.45, 7) is 3.74. The molecule has 0 bridgehead atoms. The SMILES string of the molecule is CCOC1CC(N2CC(=O)N3CCCC3C2=O)C1. The van der Waals surface area contributed by atoms with E-state index in [1.165, 1.54) is 0 Å². The zero-order valence-corrected chi connectivity index (χ0v) is 10.8. The molecule has 1 aliphatic carbocycles. The molecule has 0 aromatic carbocycles. The number of carbonyl (C=O) groups is 2. The van der Waals surface area contributed by atoms with Crippen LogP contribution in [0.5, 0.6) is 0 Å². The van der Waals surface area contributed by atoms with Crippen LogP contribution >= 0.6 is 0 Å². The van der Waals surface area contributed by atoms with Gasteiger partial charge in [-0.1, -0.05) is 0 Å². The lowest BCUT2D eigenvalue weighted by molar-refractivity contribution is -0.161. The van der Waals surface area contributed by atoms with Crippen molar-refractivity contribution in [2.24, 2.45) is 0 Å². The minimum atomic E-state index is -0.169. The third-order valence-corrected chi connectivity index (χ3v) is 4.36. The molecule has 5 nitrogen and oxygen atoms in total. The standard InChI is InChI=1S/C13H20N2O3/c1-2-18-10-6-9(7-10)15-8-12(16)14-5-3-4-11(14)13(15)17/h9-11H,2-8H2,1H3. The van der Waals surface area contributed by atoms with Crippen molar-refractivity contribution in [3.05, 3.63) is 0 Å². The second-order valence-corrected chi connectivity index (χ2v) is 5.41. The van der Waals surface area contributed by atoms with Crippen molar-refractivity contribution in [1.82, 2.24) is 9.80 Å². The Morgan fingerprint density at radius 3 is 2.78 bits per heavy atom. The van der Waals surface area contributed by atoms with Gasteiger partial charge in [0.25, 0.3) is 0 Å². The molecule has 18 heavy (non-hydrogen) atoms. The van der Waals surface area contributed by atoms with Gasteiger partial charge in [0, 0.05) is 19.2 Å². The molecule has 1 unspecified atom stereocenters. The summed E-state index contributed by atoms with van der Waals surface area (Å²) >= 11 is 0. The number of ether oxygens (including phenoxy) is 1. The molecule has 1 atom stereocenters. The molecule has 0 radical (unpaired) electrons. The average molecular weight is 252 g/mol. The first-order valence-corrected chi connectivity index (χ1v) is 6.92. The number of nitrogens with zero attached hydrogens (tertiary/aromatic N) is 2. The summed E-state index contributed by atoms with van der Waals surface area (Å²) in [6, 6.07) is 0.0538. The van der Waals surface area contributed by atoms with Crippen LogP contribution in [0.2, 0.25) is 0 Å². The number of hydrogen-bond donors (Lipinski definition) is 0. The Bertz CT molecular complexity index is 365. The summed E-state index contributed by atoms with van der Waals surface area (Å²) in [7, 11) is 0. The number of hydrogen-bond acceptors (Lipinski definition) is 3. The summed E-state index contributed by atoms with van der Waals surface area (Å²) in [4.78, 5) is 27.9. The van der Waals surface area contributed by atoms with Crippen LogP contribution in [0.25, 0.3) is 0 Å². The van der Waals surface area contributed by atoms with E-state index in [1.54, 1.807) is 9.80 Å². The largest absolute Gasteiger partial charge is 0.378 e. The molecule has 2 saturated heterocycles. The normalized spacial score (nSPS) is 35.7. The van der Waals surface area contributed by atoms with Crippen molar-refractivity contribution in [3.8, 4) is 0 Å². The maximum absolute atomic E-state index is 12.3. The smallest absolute Gasteiger partial charge is 0.246 e. The van der Waals surface area contributed by atoms with Gasteiger partial charge >= 0.3 is 0 Å². The maximum atomic E-state index is 12.3. The molecule has 3 rings (SSSR count). The van der Waals surface area contributed by atoms with Crippen LogP contribution in [0.15, 0.2) is 0 Å². The third kappa shape index (κ3) is 1.81. The summed E-state index contributed by atoms with van der Waals surface area (Å²) in [6.07, 6.45) is 3.86. The Morgan fingerprint density at radius 1 is 1.28 bits per heavy atom. The van der Waals surface area contributed by atoms with E-state index < -0.39 is 0 Å². The monoisotopic (exact) mass is 252 g/mol. The van der Waals surface area contributed by atoms with Crippen LogP contribution in [-0.4, -0.2) is 59.5 Å². The van der Waals surface area contributed by atoms with Gasteiger partial charge < -0.3 is 14.5 Å². The fourth-order valence-corrected chi connectivity index (χ4v) is 3.30. The third-order valence-electron chi connectivity index (χ3n) is 4.36. The molecule has 100 valence electrons. The second-order valence-electron chi connectivity index (χ2n) is 5.41. The van der Waals surface area contributed by atoms with E-state index in [-0.39, 0.29) is 36.5 Å². The molecule has 0 aromatic rings. The average Bonchev–Trinajstić information content (AvgIpc) is 2.78. The van der Waals surface area contributed by atoms with E-state index in [0.29, 0.717) is 0 Å². The van der Waals surface area contributed by atoms with Crippen molar-refractivity contribution in [3.63, 3.8) is 0 Å². The van der Waals surface area contributed by atoms with Crippen LogP contribution < -0.4 is 0 Å². The van der Waals surface area contributed by atoms with Gasteiger partial charge in [-0.2, -0.15) is 0 Å². The van der Waals surface area contributed by atoms with Crippen LogP contribution in [0.1, 0.15) is 32.6 Å². The van der Waals surface area contributed by atoms with Gasteiger partial charge in [0.15, 0.2) is 0 Å². The summed E-state index contributed by atoms with van der Waals surface area (Å²) < 4.78 is 5.51. The second kappa shape index (κ2) is 4.53. The fraction of sp³-hybridized carbons (Fsp3) is 0.846. The predicted octanol–water partition coefficient (Wildman–Crippen LogP) is 0.387. The summed E-state index contributed by atoms with van der Waals surface area (Å²) in [5.74, 6) is 0.281. The Morgan fingerprint density at radius 2 is 2.06 bits per heavy atom. The van der Waals surface area contributed by atoms with Gasteiger partial charge in [-0.25, -0.2) is 0 Å². The molecule has 0 N–H and O–H groups in total. The molecule has 0 spiro atoms. The molecule has 2 heterocycles. The van der Waals surface area contributed by atoms with E-state index in [0.717, 1.165) is 38.8 Å². The number of carbonyl (C=O) groups excluding carboxylic acids is 2. The number of amides is 2. The van der Waals surface area contributed by atoms with Crippen molar-refractivity contribution in [2.45, 2.75) is 50.8 Å². The Kier molecular flexibility index (Phi) is 3.01. The Balaban J connectivity index is 1.64. The molecule has 3 fully saturated rings. The quantitative estimate of drug-likeness (QED) is 0.730. The molecule has 0 aromatic heterocycles. The van der Waals surface area contributed by atoms with E-state index in [9.17, 15) is 9.59 Å². The molecule has 3 aliphatic rings. The molecular formula is C13H20N2O3. The number of rotatable bonds is 3. The lowest BCUT2D eigenvalue weighted by Gasteiger charge is -2.46. The number of piperazine rings is 1. The van der Waals surface area contributed by atoms with Gasteiger partial charge in [0.05, 0.1) is 6.10 Å². The highest BCUT2D eigenvalue weighted by molar-refractivity contribution is 5.95. The maximum Gasteiger partial charge on any atom is 0.246 e. The first kappa shape index (κ1) is 12.0. The highest BCUT2D eigenvalue weighted by atomic mass is 16.5. The lowest BCUT2D eigenvalue weighted by atomic mass is 9.86. The van der Waals surface area contributed by atoms with Crippen molar-refractivity contribution < 1.29 is 14.3 Å². The van der Waals surface area contributed by atoms with E-state index in [1.807, 2.05) is 6.92 Å². The minimum Gasteiger partial charge on any atom is -0.378 e. The van der Waals surface area contributed by atoms with Crippen molar-refractivity contribution in [1.29, 1.82) is 0 Å². The zero-order valence-electron chi connectivity index (χ0n) is 10.8. The highest BCUT2D eigenvalue weighted by Gasteiger charge is 2.46. The van der Waals surface area contributed by atoms with Gasteiger partial charge in [-0.3, -0.25) is 9.59 Å². The predicted molar refractivity (Wildman–Crippen MR) is 64.9 cm³/mol. The zero-order chi connectivity index (χ0) is 12.7. The van der Waals surface area contributed by atoms with E-state index in [2.05, 4.69) is 0 Å². The Labute approximate surface area is 107 Å². The number of fused-ring (bicyclic) bond motifs is 1. The van der Waals surface area contributed by atoms with Gasteiger partial charge in [0.1, 0.15) is 12.6 Å². The van der Waals surface area contributed by atoms with Crippen molar-refractivity contribution >= 4 is 11.8 Å². The first-order chi connectivity index (χ1) is 8.70. The molecule has 2 amide bonds. The van der Waals surface area contributed by atoms with Crippen LogP contribution in [0.4, 0.5) is 0 Å². The molecule has 2 aliphatic heterocycles. The van der Waals surface area contributed by atoms with E-state index >= 15 is 0 Å². The van der Waals surface area contributed by atoms with Gasteiger partial charge in [-0.05, 0) is 32.6 Å². The van der Waals surface area contributed by atoms with Gasteiger partial charge in [0.2, 0.25) is 11.8 Å². The Hall–Kier alpha value is -1.10. The van der Waals surface area contributed by atoms with Crippen molar-refractivity contribution in [2.75, 3.05) is 19.7 Å². The highest BCUT2D eigenvalue weighted by Crippen LogP contribution is 2.32. The molecule has 1 saturated carbocycles. The van der Waals surface area contributed by atoms with E-state index in [4.69, 9.17) is 4.74 Å². The fourth-order valence-electron chi connectivity index (χ4n) is 3.30. The minimum absolute atomic E-state index is 0.122. The first-order valence-electron chi connectivity index (χ1n) is 6.92. The summed E-state index contributed by atoms with van der Waals surface area (Å²) in [5.41, 5.74) is 0. The van der Waals surface area contributed by atoms with Crippen LogP contribution in [0, 0.1) is 0 Å². The van der Waals surface area contributed by atoms with Crippen LogP contribution in [0.3, 0.4) is 0 Å². The summed E-state index contributed by atoms with van der Waals surface area (Å²) in [5, 5.41) is 0. The van der Waals surface area contributed by atoms with Gasteiger partial charge in [-0.15, -0.1) is 0 Å². The molecule has 5 heteroatoms. The molecular weight excluding hydrogens is 232 g/mol. The topological polar surface area (TPSA) is 49.9 Å². The van der Waals surface area contributed by atoms with Crippen LogP contribution in [-0.2, 0) is 14.3 Å².